The Morgan fingerprint density at radius 2 is 2.00 bits per heavy atom. The Morgan fingerprint density at radius 1 is 1.25 bits per heavy atom. The van der Waals surface area contributed by atoms with Crippen LogP contribution in [0.2, 0.25) is 0 Å². The smallest absolute Gasteiger partial charge is 0.335 e. The second-order valence-corrected chi connectivity index (χ2v) is 3.95. The zero-order chi connectivity index (χ0) is 11.7. The number of aryl methyl sites for hydroxylation is 2. The maximum atomic E-state index is 11.0. The van der Waals surface area contributed by atoms with Crippen molar-refractivity contribution in [2.24, 2.45) is 0 Å². The van der Waals surface area contributed by atoms with Gasteiger partial charge >= 0.3 is 5.97 Å². The van der Waals surface area contributed by atoms with Crippen molar-refractivity contribution in [2.75, 3.05) is 0 Å². The molecule has 0 spiro atoms. The van der Waals surface area contributed by atoms with Crippen LogP contribution < -0.4 is 0 Å². The first kappa shape index (κ1) is 10.7. The van der Waals surface area contributed by atoms with Crippen molar-refractivity contribution in [3.8, 4) is 0 Å². The molecule has 0 aliphatic heterocycles. The van der Waals surface area contributed by atoms with Gasteiger partial charge in [0.25, 0.3) is 0 Å². The molecule has 0 atom stereocenters. The van der Waals surface area contributed by atoms with E-state index in [1.165, 1.54) is 5.56 Å². The van der Waals surface area contributed by atoms with Crippen molar-refractivity contribution < 1.29 is 9.90 Å². The van der Waals surface area contributed by atoms with Crippen LogP contribution in [-0.4, -0.2) is 11.1 Å². The van der Waals surface area contributed by atoms with Gasteiger partial charge in [-0.1, -0.05) is 31.2 Å². The van der Waals surface area contributed by atoms with Crippen molar-refractivity contribution in [1.29, 1.82) is 0 Å². The molecule has 0 aromatic heterocycles. The van der Waals surface area contributed by atoms with Crippen molar-refractivity contribution in [3.63, 3.8) is 0 Å². The van der Waals surface area contributed by atoms with Crippen LogP contribution in [0.5, 0.6) is 0 Å². The molecular formula is C14H14O2. The monoisotopic (exact) mass is 214 g/mol. The number of benzene rings is 2. The molecule has 0 fully saturated rings. The summed E-state index contributed by atoms with van der Waals surface area (Å²) >= 11 is 0. The first-order valence-electron chi connectivity index (χ1n) is 5.39. The molecular weight excluding hydrogens is 200 g/mol. The maximum Gasteiger partial charge on any atom is 0.335 e. The highest BCUT2D eigenvalue weighted by Gasteiger charge is 2.09. The van der Waals surface area contributed by atoms with Gasteiger partial charge in [-0.3, -0.25) is 0 Å². The third-order valence-electron chi connectivity index (χ3n) is 2.99. The summed E-state index contributed by atoms with van der Waals surface area (Å²) in [7, 11) is 0. The number of carbonyl (C=O) groups is 1. The second kappa shape index (κ2) is 3.97. The standard InChI is InChI=1S/C14H14O2/c1-3-10-4-6-12-9(2)13(14(15)16)7-5-11(12)8-10/h4-8H,3H2,1-2H3,(H,15,16). The SMILES string of the molecule is CCc1ccc2c(C)c(C(=O)O)ccc2c1. The number of hydrogen-bond acceptors (Lipinski definition) is 1. The molecule has 0 saturated carbocycles. The van der Waals surface area contributed by atoms with Gasteiger partial charge in [-0.2, -0.15) is 0 Å². The van der Waals surface area contributed by atoms with Crippen LogP contribution in [0.3, 0.4) is 0 Å². The third-order valence-corrected chi connectivity index (χ3v) is 2.99. The van der Waals surface area contributed by atoms with Crippen molar-refractivity contribution in [1.82, 2.24) is 0 Å². The number of aromatic carboxylic acids is 1. The van der Waals surface area contributed by atoms with E-state index in [1.54, 1.807) is 6.07 Å². The lowest BCUT2D eigenvalue weighted by Crippen LogP contribution is -1.99. The van der Waals surface area contributed by atoms with E-state index in [0.29, 0.717) is 5.56 Å². The van der Waals surface area contributed by atoms with Gasteiger partial charge in [0, 0.05) is 0 Å². The molecule has 1 N–H and O–H groups in total. The average Bonchev–Trinajstić information content (AvgIpc) is 2.28. The van der Waals surface area contributed by atoms with Gasteiger partial charge in [-0.15, -0.1) is 0 Å². The predicted octanol–water partition coefficient (Wildman–Crippen LogP) is 3.41. The van der Waals surface area contributed by atoms with E-state index in [1.807, 2.05) is 19.1 Å². The number of fused-ring (bicyclic) bond motifs is 1. The Labute approximate surface area is 94.5 Å². The highest BCUT2D eigenvalue weighted by molar-refractivity contribution is 5.97. The van der Waals surface area contributed by atoms with Crippen molar-refractivity contribution >= 4 is 16.7 Å². The molecule has 16 heavy (non-hydrogen) atoms. The van der Waals surface area contributed by atoms with Crippen LogP contribution in [0.15, 0.2) is 30.3 Å². The third kappa shape index (κ3) is 1.67. The van der Waals surface area contributed by atoms with Gasteiger partial charge < -0.3 is 5.11 Å². The minimum absolute atomic E-state index is 0.386. The van der Waals surface area contributed by atoms with Gasteiger partial charge in [0.2, 0.25) is 0 Å². The lowest BCUT2D eigenvalue weighted by Gasteiger charge is -2.07. The summed E-state index contributed by atoms with van der Waals surface area (Å²) in [6.07, 6.45) is 0.996. The topological polar surface area (TPSA) is 37.3 Å². The Hall–Kier alpha value is -1.83. The largest absolute Gasteiger partial charge is 0.478 e. The van der Waals surface area contributed by atoms with E-state index in [0.717, 1.165) is 22.8 Å². The van der Waals surface area contributed by atoms with E-state index < -0.39 is 5.97 Å². The van der Waals surface area contributed by atoms with Crippen LogP contribution in [0.25, 0.3) is 10.8 Å². The van der Waals surface area contributed by atoms with Gasteiger partial charge in [-0.05, 0) is 41.3 Å². The second-order valence-electron chi connectivity index (χ2n) is 3.95. The summed E-state index contributed by atoms with van der Waals surface area (Å²) in [6.45, 7) is 3.97. The normalized spacial score (nSPS) is 10.6. The Morgan fingerprint density at radius 3 is 2.62 bits per heavy atom. The Balaban J connectivity index is 2.71. The Kier molecular flexibility index (Phi) is 2.65. The van der Waals surface area contributed by atoms with Crippen LogP contribution in [0.1, 0.15) is 28.4 Å². The van der Waals surface area contributed by atoms with E-state index in [9.17, 15) is 4.79 Å². The molecule has 2 rings (SSSR count). The molecule has 0 unspecified atom stereocenters. The highest BCUT2D eigenvalue weighted by Crippen LogP contribution is 2.23. The molecule has 0 heterocycles. The fraction of sp³-hybridized carbons (Fsp3) is 0.214. The minimum Gasteiger partial charge on any atom is -0.478 e. The molecule has 0 saturated heterocycles. The molecule has 2 heteroatoms. The van der Waals surface area contributed by atoms with Crippen LogP contribution in [-0.2, 0) is 6.42 Å². The van der Waals surface area contributed by atoms with E-state index in [4.69, 9.17) is 5.11 Å². The summed E-state index contributed by atoms with van der Waals surface area (Å²) in [5.41, 5.74) is 2.50. The molecule has 2 aromatic rings. The molecule has 0 bridgehead atoms. The van der Waals surface area contributed by atoms with Crippen molar-refractivity contribution in [3.05, 3.63) is 47.0 Å². The predicted molar refractivity (Wildman–Crippen MR) is 65.0 cm³/mol. The number of carboxylic acid groups (broad SMARTS) is 1. The lowest BCUT2D eigenvalue weighted by atomic mass is 9.98. The summed E-state index contributed by atoms with van der Waals surface area (Å²) in [4.78, 5) is 11.0. The number of carboxylic acids is 1. The number of hydrogen-bond donors (Lipinski definition) is 1. The Bertz CT molecular complexity index is 556. The van der Waals surface area contributed by atoms with E-state index >= 15 is 0 Å². The molecule has 2 nitrogen and oxygen atoms in total. The van der Waals surface area contributed by atoms with Gasteiger partial charge in [0.15, 0.2) is 0 Å². The fourth-order valence-corrected chi connectivity index (χ4v) is 1.99. The van der Waals surface area contributed by atoms with Crippen LogP contribution in [0, 0.1) is 6.92 Å². The minimum atomic E-state index is -0.862. The zero-order valence-corrected chi connectivity index (χ0v) is 9.45. The van der Waals surface area contributed by atoms with Crippen molar-refractivity contribution in [2.45, 2.75) is 20.3 Å². The summed E-state index contributed by atoms with van der Waals surface area (Å²) in [6, 6.07) is 9.75. The molecule has 82 valence electrons. The summed E-state index contributed by atoms with van der Waals surface area (Å²) in [5, 5.41) is 11.2. The lowest BCUT2D eigenvalue weighted by molar-refractivity contribution is 0.0696. The average molecular weight is 214 g/mol. The first-order valence-corrected chi connectivity index (χ1v) is 5.39. The molecule has 0 radical (unpaired) electrons. The molecule has 2 aromatic carbocycles. The van der Waals surface area contributed by atoms with Gasteiger partial charge in [-0.25, -0.2) is 4.79 Å². The van der Waals surface area contributed by atoms with Crippen LogP contribution >= 0.6 is 0 Å². The van der Waals surface area contributed by atoms with E-state index in [-0.39, 0.29) is 0 Å². The first-order chi connectivity index (χ1) is 7.63. The zero-order valence-electron chi connectivity index (χ0n) is 9.45. The fourth-order valence-electron chi connectivity index (χ4n) is 1.99. The van der Waals surface area contributed by atoms with Gasteiger partial charge in [0.05, 0.1) is 5.56 Å². The molecule has 0 aliphatic rings. The quantitative estimate of drug-likeness (QED) is 0.831. The maximum absolute atomic E-state index is 11.0. The van der Waals surface area contributed by atoms with Gasteiger partial charge in [0.1, 0.15) is 0 Å². The molecule has 0 aliphatic carbocycles. The number of rotatable bonds is 2. The molecule has 0 amide bonds. The van der Waals surface area contributed by atoms with E-state index in [2.05, 4.69) is 19.1 Å². The van der Waals surface area contributed by atoms with Crippen LogP contribution in [0.4, 0.5) is 0 Å². The highest BCUT2D eigenvalue weighted by atomic mass is 16.4. The summed E-state index contributed by atoms with van der Waals surface area (Å²) < 4.78 is 0. The summed E-state index contributed by atoms with van der Waals surface area (Å²) in [5.74, 6) is -0.862.